The van der Waals surface area contributed by atoms with Crippen LogP contribution in [-0.2, 0) is 9.53 Å². The highest BCUT2D eigenvalue weighted by Crippen LogP contribution is 2.26. The molecule has 1 rings (SSSR count). The van der Waals surface area contributed by atoms with E-state index >= 15 is 0 Å². The molecule has 0 amide bonds. The Balaban J connectivity index is 2.77. The fourth-order valence-corrected chi connectivity index (χ4v) is 2.12. The molecule has 5 heteroatoms. The molecule has 1 unspecified atom stereocenters. The standard InChI is InChI=1S/C16H23Cl2NO2/c1-10(2)7-15(16(20)21-9-11(3)4)19-12-5-6-13(17)14(18)8-12/h5-6,8,10-11,15,19H,7,9H2,1-4H3. The lowest BCUT2D eigenvalue weighted by atomic mass is 10.0. The van der Waals surface area contributed by atoms with Crippen LogP contribution in [0.3, 0.4) is 0 Å². The van der Waals surface area contributed by atoms with Crippen molar-refractivity contribution in [3.63, 3.8) is 0 Å². The molecule has 0 saturated carbocycles. The number of carbonyl (C=O) groups is 1. The molecule has 21 heavy (non-hydrogen) atoms. The van der Waals surface area contributed by atoms with Gasteiger partial charge in [-0.15, -0.1) is 0 Å². The third-order valence-electron chi connectivity index (χ3n) is 2.81. The van der Waals surface area contributed by atoms with E-state index in [1.807, 2.05) is 13.8 Å². The fraction of sp³-hybridized carbons (Fsp3) is 0.562. The van der Waals surface area contributed by atoms with Gasteiger partial charge in [-0.3, -0.25) is 0 Å². The summed E-state index contributed by atoms with van der Waals surface area (Å²) >= 11 is 11.9. The molecule has 1 aromatic carbocycles. The first-order chi connectivity index (χ1) is 9.79. The van der Waals surface area contributed by atoms with Crippen LogP contribution < -0.4 is 5.32 Å². The largest absolute Gasteiger partial charge is 0.464 e. The van der Waals surface area contributed by atoms with E-state index in [1.54, 1.807) is 18.2 Å². The predicted molar refractivity (Wildman–Crippen MR) is 89.1 cm³/mol. The minimum atomic E-state index is -0.388. The van der Waals surface area contributed by atoms with Gasteiger partial charge >= 0.3 is 5.97 Å². The number of ether oxygens (including phenoxy) is 1. The first-order valence-electron chi connectivity index (χ1n) is 7.17. The van der Waals surface area contributed by atoms with Crippen molar-refractivity contribution in [3.8, 4) is 0 Å². The van der Waals surface area contributed by atoms with Gasteiger partial charge in [0.05, 0.1) is 16.7 Å². The fourth-order valence-electron chi connectivity index (χ4n) is 1.82. The molecule has 0 fully saturated rings. The number of halogens is 2. The summed E-state index contributed by atoms with van der Waals surface area (Å²) in [6.07, 6.45) is 0.692. The Hall–Kier alpha value is -0.930. The minimum absolute atomic E-state index is 0.233. The molecular weight excluding hydrogens is 309 g/mol. The zero-order valence-electron chi connectivity index (χ0n) is 13.0. The van der Waals surface area contributed by atoms with E-state index in [0.717, 1.165) is 5.69 Å². The Morgan fingerprint density at radius 3 is 2.33 bits per heavy atom. The maximum atomic E-state index is 12.2. The molecule has 0 saturated heterocycles. The molecule has 1 N–H and O–H groups in total. The zero-order valence-corrected chi connectivity index (χ0v) is 14.5. The van der Waals surface area contributed by atoms with Crippen LogP contribution in [0.25, 0.3) is 0 Å². The lowest BCUT2D eigenvalue weighted by Gasteiger charge is -2.21. The minimum Gasteiger partial charge on any atom is -0.464 e. The normalized spacial score (nSPS) is 12.6. The Labute approximate surface area is 137 Å². The maximum absolute atomic E-state index is 12.2. The van der Waals surface area contributed by atoms with Gasteiger partial charge in [0.15, 0.2) is 0 Å². The van der Waals surface area contributed by atoms with Gasteiger partial charge < -0.3 is 10.1 Å². The van der Waals surface area contributed by atoms with E-state index in [4.69, 9.17) is 27.9 Å². The Bertz CT molecular complexity index is 475. The lowest BCUT2D eigenvalue weighted by molar-refractivity contribution is -0.146. The summed E-state index contributed by atoms with van der Waals surface area (Å²) in [5.74, 6) is 0.457. The lowest BCUT2D eigenvalue weighted by Crippen LogP contribution is -2.33. The highest BCUT2D eigenvalue weighted by Gasteiger charge is 2.21. The van der Waals surface area contributed by atoms with Gasteiger partial charge in [-0.25, -0.2) is 4.79 Å². The van der Waals surface area contributed by atoms with Gasteiger partial charge in [0.25, 0.3) is 0 Å². The van der Waals surface area contributed by atoms with Crippen LogP contribution in [0, 0.1) is 11.8 Å². The van der Waals surface area contributed by atoms with Crippen LogP contribution in [0.1, 0.15) is 34.1 Å². The summed E-state index contributed by atoms with van der Waals surface area (Å²) < 4.78 is 5.33. The molecule has 0 aliphatic rings. The molecule has 1 aromatic rings. The van der Waals surface area contributed by atoms with Gasteiger partial charge in [0.2, 0.25) is 0 Å². The summed E-state index contributed by atoms with van der Waals surface area (Å²) in [7, 11) is 0. The number of anilines is 1. The Morgan fingerprint density at radius 2 is 1.81 bits per heavy atom. The van der Waals surface area contributed by atoms with Crippen LogP contribution in [0.2, 0.25) is 10.0 Å². The second-order valence-electron chi connectivity index (χ2n) is 5.98. The molecule has 0 aromatic heterocycles. The summed E-state index contributed by atoms with van der Waals surface area (Å²) in [4.78, 5) is 12.2. The van der Waals surface area contributed by atoms with Crippen LogP contribution in [0.4, 0.5) is 5.69 Å². The van der Waals surface area contributed by atoms with Crippen molar-refractivity contribution >= 4 is 34.9 Å². The van der Waals surface area contributed by atoms with Crippen molar-refractivity contribution in [1.82, 2.24) is 0 Å². The topological polar surface area (TPSA) is 38.3 Å². The number of hydrogen-bond acceptors (Lipinski definition) is 3. The third-order valence-corrected chi connectivity index (χ3v) is 3.55. The van der Waals surface area contributed by atoms with Gasteiger partial charge in [-0.05, 0) is 36.5 Å². The molecule has 0 aliphatic heterocycles. The molecule has 0 spiro atoms. The van der Waals surface area contributed by atoms with E-state index in [-0.39, 0.29) is 12.0 Å². The van der Waals surface area contributed by atoms with Gasteiger partial charge in [0.1, 0.15) is 6.04 Å². The average molecular weight is 332 g/mol. The maximum Gasteiger partial charge on any atom is 0.328 e. The van der Waals surface area contributed by atoms with E-state index in [1.165, 1.54) is 0 Å². The molecule has 118 valence electrons. The van der Waals surface area contributed by atoms with Crippen LogP contribution in [-0.4, -0.2) is 18.6 Å². The number of esters is 1. The van der Waals surface area contributed by atoms with Crippen LogP contribution in [0.15, 0.2) is 18.2 Å². The number of carbonyl (C=O) groups excluding carboxylic acids is 1. The molecule has 0 radical (unpaired) electrons. The van der Waals surface area contributed by atoms with Crippen LogP contribution in [0.5, 0.6) is 0 Å². The predicted octanol–water partition coefficient (Wildman–Crippen LogP) is 5.02. The summed E-state index contributed by atoms with van der Waals surface area (Å²) in [6, 6.07) is 4.84. The SMILES string of the molecule is CC(C)COC(=O)C(CC(C)C)Nc1ccc(Cl)c(Cl)c1. The zero-order chi connectivity index (χ0) is 16.0. The number of benzene rings is 1. The Kier molecular flexibility index (Phi) is 7.33. The molecule has 0 aliphatic carbocycles. The van der Waals surface area contributed by atoms with Crippen molar-refractivity contribution in [2.45, 2.75) is 40.2 Å². The Morgan fingerprint density at radius 1 is 1.14 bits per heavy atom. The van der Waals surface area contributed by atoms with E-state index in [9.17, 15) is 4.79 Å². The van der Waals surface area contributed by atoms with Crippen molar-refractivity contribution in [1.29, 1.82) is 0 Å². The first kappa shape index (κ1) is 18.1. The summed E-state index contributed by atoms with van der Waals surface area (Å²) in [5, 5.41) is 4.13. The van der Waals surface area contributed by atoms with Crippen LogP contribution >= 0.6 is 23.2 Å². The number of hydrogen-bond donors (Lipinski definition) is 1. The highest BCUT2D eigenvalue weighted by molar-refractivity contribution is 6.42. The van der Waals surface area contributed by atoms with Crippen molar-refractivity contribution in [2.75, 3.05) is 11.9 Å². The summed E-state index contributed by atoms with van der Waals surface area (Å²) in [6.45, 7) is 8.59. The van der Waals surface area contributed by atoms with E-state index in [0.29, 0.717) is 34.9 Å². The average Bonchev–Trinajstić information content (AvgIpc) is 2.39. The second kappa shape index (κ2) is 8.50. The molecule has 0 bridgehead atoms. The van der Waals surface area contributed by atoms with Gasteiger partial charge in [-0.2, -0.15) is 0 Å². The van der Waals surface area contributed by atoms with Gasteiger partial charge in [0, 0.05) is 5.69 Å². The molecular formula is C16H23Cl2NO2. The van der Waals surface area contributed by atoms with E-state index in [2.05, 4.69) is 19.2 Å². The molecule has 0 heterocycles. The monoisotopic (exact) mass is 331 g/mol. The second-order valence-corrected chi connectivity index (χ2v) is 6.79. The third kappa shape index (κ3) is 6.58. The van der Waals surface area contributed by atoms with E-state index < -0.39 is 0 Å². The molecule has 3 nitrogen and oxygen atoms in total. The van der Waals surface area contributed by atoms with Crippen molar-refractivity contribution < 1.29 is 9.53 Å². The number of nitrogens with one attached hydrogen (secondary N) is 1. The van der Waals surface area contributed by atoms with Gasteiger partial charge in [-0.1, -0.05) is 50.9 Å². The highest BCUT2D eigenvalue weighted by atomic mass is 35.5. The first-order valence-corrected chi connectivity index (χ1v) is 7.93. The van der Waals surface area contributed by atoms with Crippen molar-refractivity contribution in [2.24, 2.45) is 11.8 Å². The smallest absolute Gasteiger partial charge is 0.328 e. The van der Waals surface area contributed by atoms with Crippen molar-refractivity contribution in [3.05, 3.63) is 28.2 Å². The summed E-state index contributed by atoms with van der Waals surface area (Å²) in [5.41, 5.74) is 0.761. The molecule has 1 atom stereocenters. The quantitative estimate of drug-likeness (QED) is 0.713. The number of rotatable bonds is 7.